The van der Waals surface area contributed by atoms with E-state index in [0.29, 0.717) is 34.5 Å². The van der Waals surface area contributed by atoms with Crippen molar-refractivity contribution in [3.8, 4) is 34.5 Å². The normalized spacial score (nSPS) is 13.9. The van der Waals surface area contributed by atoms with E-state index in [1.54, 1.807) is 97.1 Å². The Bertz CT molecular complexity index is 1990. The van der Waals surface area contributed by atoms with E-state index < -0.39 is 49.2 Å². The van der Waals surface area contributed by atoms with E-state index in [0.717, 1.165) is 0 Å². The van der Waals surface area contributed by atoms with Crippen molar-refractivity contribution in [2.45, 2.75) is 49.2 Å². The number of methoxy groups -OCH3 is 2. The van der Waals surface area contributed by atoms with Crippen molar-refractivity contribution >= 4 is 0 Å². The van der Waals surface area contributed by atoms with Gasteiger partial charge in [0.05, 0.1) is 38.3 Å². The highest BCUT2D eigenvalue weighted by atomic mass is 19.4. The van der Waals surface area contributed by atoms with Crippen molar-refractivity contribution in [2.75, 3.05) is 14.2 Å². The van der Waals surface area contributed by atoms with Gasteiger partial charge in [-0.15, -0.1) is 0 Å². The van der Waals surface area contributed by atoms with Gasteiger partial charge in [-0.05, 0) is 108 Å². The van der Waals surface area contributed by atoms with Crippen LogP contribution < -0.4 is 18.9 Å². The third kappa shape index (κ3) is 11.1. The van der Waals surface area contributed by atoms with Gasteiger partial charge in [-0.1, -0.05) is 84.9 Å². The first-order valence-electron chi connectivity index (χ1n) is 18.1. The van der Waals surface area contributed by atoms with E-state index in [4.69, 9.17) is 23.7 Å². The van der Waals surface area contributed by atoms with E-state index >= 15 is 26.3 Å². The monoisotopic (exact) mass is 786 g/mol. The summed E-state index contributed by atoms with van der Waals surface area (Å²) in [5.74, 6) is -1.82. The van der Waals surface area contributed by atoms with Crippen molar-refractivity contribution in [1.82, 2.24) is 0 Å². The number of rotatable bonds is 16. The summed E-state index contributed by atoms with van der Waals surface area (Å²) in [7, 11) is 2.82. The lowest BCUT2D eigenvalue weighted by Crippen LogP contribution is -2.27. The first kappa shape index (κ1) is 40.7. The Kier molecular flexibility index (Phi) is 13.1. The summed E-state index contributed by atoms with van der Waals surface area (Å²) in [5.41, 5.74) is 0.436. The molecule has 0 saturated carbocycles. The highest BCUT2D eigenvalue weighted by Crippen LogP contribution is 2.48. The van der Waals surface area contributed by atoms with Crippen molar-refractivity contribution < 1.29 is 50.0 Å². The van der Waals surface area contributed by atoms with Gasteiger partial charge in [-0.25, -0.2) is 0 Å². The molecule has 5 nitrogen and oxygen atoms in total. The van der Waals surface area contributed by atoms with Gasteiger partial charge in [0.25, 0.3) is 0 Å². The molecule has 4 atom stereocenters. The van der Waals surface area contributed by atoms with Gasteiger partial charge in [0.15, 0.2) is 0 Å². The van der Waals surface area contributed by atoms with Gasteiger partial charge in [0, 0.05) is 0 Å². The highest BCUT2D eigenvalue weighted by Gasteiger charge is 2.45. The molecule has 6 rings (SSSR count). The molecular weight excluding hydrogens is 746 g/mol. The second-order valence-corrected chi connectivity index (χ2v) is 13.3. The molecule has 11 heteroatoms. The number of hydrogen-bond donors (Lipinski definition) is 0. The van der Waals surface area contributed by atoms with Crippen LogP contribution in [-0.2, 0) is 4.74 Å². The summed E-state index contributed by atoms with van der Waals surface area (Å²) >= 11 is 0. The van der Waals surface area contributed by atoms with Crippen LogP contribution in [-0.4, -0.2) is 26.6 Å². The van der Waals surface area contributed by atoms with Crippen molar-refractivity contribution in [2.24, 2.45) is 0 Å². The molecule has 0 aliphatic heterocycles. The summed E-state index contributed by atoms with van der Waals surface area (Å²) < 4.78 is 120. The zero-order valence-electron chi connectivity index (χ0n) is 31.0. The second kappa shape index (κ2) is 18.3. The zero-order valence-corrected chi connectivity index (χ0v) is 31.0. The number of benzene rings is 6. The van der Waals surface area contributed by atoms with E-state index in [9.17, 15) is 0 Å². The molecular formula is C46H40F6O5. The Morgan fingerprint density at radius 1 is 0.386 bits per heavy atom. The lowest BCUT2D eigenvalue weighted by molar-refractivity contribution is -0.170. The third-order valence-corrected chi connectivity index (χ3v) is 9.47. The van der Waals surface area contributed by atoms with Crippen LogP contribution in [0.1, 0.15) is 59.1 Å². The molecule has 6 aromatic carbocycles. The summed E-state index contributed by atoms with van der Waals surface area (Å²) in [6.45, 7) is 0. The Balaban J connectivity index is 1.46. The third-order valence-electron chi connectivity index (χ3n) is 9.47. The van der Waals surface area contributed by atoms with Gasteiger partial charge < -0.3 is 23.7 Å². The number of ether oxygens (including phenoxy) is 5. The number of para-hydroxylation sites is 2. The lowest BCUT2D eigenvalue weighted by Gasteiger charge is -2.32. The SMILES string of the molecule is COc1ccc(C(CC(OC(CC(c2ccc(OC)cc2)C(F)(F)F)c2cccc(Oc3ccccc3)c2)c2cccc(Oc3ccccc3)c2)C(F)(F)F)cc1. The first-order chi connectivity index (χ1) is 27.4. The minimum absolute atomic E-state index is 0.0604. The molecule has 0 spiro atoms. The molecule has 296 valence electrons. The molecule has 0 heterocycles. The van der Waals surface area contributed by atoms with Gasteiger partial charge in [0.2, 0.25) is 0 Å². The molecule has 6 aromatic rings. The predicted octanol–water partition coefficient (Wildman–Crippen LogP) is 13.6. The second-order valence-electron chi connectivity index (χ2n) is 13.3. The molecule has 0 aromatic heterocycles. The molecule has 57 heavy (non-hydrogen) atoms. The Hall–Kier alpha value is -5.94. The molecule has 0 bridgehead atoms. The minimum Gasteiger partial charge on any atom is -0.497 e. The van der Waals surface area contributed by atoms with Crippen LogP contribution in [0, 0.1) is 0 Å². The average Bonchev–Trinajstić information content (AvgIpc) is 3.21. The van der Waals surface area contributed by atoms with Gasteiger partial charge in [0.1, 0.15) is 34.5 Å². The van der Waals surface area contributed by atoms with Crippen LogP contribution >= 0.6 is 0 Å². The average molecular weight is 787 g/mol. The minimum atomic E-state index is -4.76. The van der Waals surface area contributed by atoms with Crippen LogP contribution in [0.3, 0.4) is 0 Å². The van der Waals surface area contributed by atoms with E-state index in [1.165, 1.54) is 62.8 Å². The number of hydrogen-bond acceptors (Lipinski definition) is 5. The maximum Gasteiger partial charge on any atom is 0.395 e. The van der Waals surface area contributed by atoms with Gasteiger partial charge >= 0.3 is 12.4 Å². The fourth-order valence-corrected chi connectivity index (χ4v) is 6.56. The van der Waals surface area contributed by atoms with Crippen LogP contribution in [0.15, 0.2) is 158 Å². The molecule has 4 unspecified atom stereocenters. The van der Waals surface area contributed by atoms with Gasteiger partial charge in [-0.3, -0.25) is 0 Å². The quantitative estimate of drug-likeness (QED) is 0.0915. The smallest absolute Gasteiger partial charge is 0.395 e. The van der Waals surface area contributed by atoms with Crippen LogP contribution in [0.5, 0.6) is 34.5 Å². The predicted molar refractivity (Wildman–Crippen MR) is 205 cm³/mol. The highest BCUT2D eigenvalue weighted by molar-refractivity contribution is 5.38. The Labute approximate surface area is 327 Å². The van der Waals surface area contributed by atoms with Crippen molar-refractivity contribution in [1.29, 1.82) is 0 Å². The topological polar surface area (TPSA) is 46.2 Å². The lowest BCUT2D eigenvalue weighted by atomic mass is 9.88. The summed E-state index contributed by atoms with van der Waals surface area (Å²) in [6.07, 6.45) is -13.6. The molecule has 0 aliphatic rings. The maximum absolute atomic E-state index is 15.1. The largest absolute Gasteiger partial charge is 0.497 e. The summed E-state index contributed by atoms with van der Waals surface area (Å²) in [5, 5.41) is 0. The van der Waals surface area contributed by atoms with Gasteiger partial charge in [-0.2, -0.15) is 26.3 Å². The number of halogens is 6. The molecule has 0 aliphatic carbocycles. The van der Waals surface area contributed by atoms with Crippen LogP contribution in [0.2, 0.25) is 0 Å². The van der Waals surface area contributed by atoms with E-state index in [2.05, 4.69) is 0 Å². The molecule has 0 amide bonds. The van der Waals surface area contributed by atoms with Crippen LogP contribution in [0.4, 0.5) is 26.3 Å². The standard InChI is InChI=1S/C46H40F6O5/c1-53-35-23-19-31(20-24-35)41(45(47,48)49)29-43(33-11-9-17-39(27-33)55-37-13-5-3-6-14-37)57-44(30-42(46(50,51)52)32-21-25-36(54-2)26-22-32)34-12-10-18-40(28-34)56-38-15-7-4-8-16-38/h3-28,41-44H,29-30H2,1-2H3. The number of alkyl halides is 6. The molecule has 0 fully saturated rings. The summed E-state index contributed by atoms with van der Waals surface area (Å²) in [4.78, 5) is 0. The van der Waals surface area contributed by atoms with Crippen molar-refractivity contribution in [3.05, 3.63) is 180 Å². The van der Waals surface area contributed by atoms with E-state index in [-0.39, 0.29) is 22.3 Å². The van der Waals surface area contributed by atoms with Crippen LogP contribution in [0.25, 0.3) is 0 Å². The Morgan fingerprint density at radius 3 is 1.07 bits per heavy atom. The van der Waals surface area contributed by atoms with Crippen molar-refractivity contribution in [3.63, 3.8) is 0 Å². The molecule has 0 N–H and O–H groups in total. The fourth-order valence-electron chi connectivity index (χ4n) is 6.56. The first-order valence-corrected chi connectivity index (χ1v) is 18.1. The Morgan fingerprint density at radius 2 is 0.737 bits per heavy atom. The fraction of sp³-hybridized carbons (Fsp3) is 0.217. The molecule has 0 radical (unpaired) electrons. The maximum atomic E-state index is 15.1. The molecule has 0 saturated heterocycles. The summed E-state index contributed by atoms with van der Waals surface area (Å²) in [6, 6.07) is 41.4. The van der Waals surface area contributed by atoms with E-state index in [1.807, 2.05) is 12.1 Å². The zero-order chi connectivity index (χ0) is 40.4.